The summed E-state index contributed by atoms with van der Waals surface area (Å²) < 4.78 is 5.40. The number of rotatable bonds is 5. The van der Waals surface area contributed by atoms with Crippen molar-refractivity contribution in [3.63, 3.8) is 0 Å². The highest BCUT2D eigenvalue weighted by Gasteiger charge is 2.43. The molecule has 1 fully saturated rings. The number of hydrogen-bond donors (Lipinski definition) is 2. The molecule has 1 aromatic carbocycles. The predicted molar refractivity (Wildman–Crippen MR) is 63.9 cm³/mol. The molecule has 0 bridgehead atoms. The van der Waals surface area contributed by atoms with Crippen molar-refractivity contribution >= 4 is 0 Å². The van der Waals surface area contributed by atoms with E-state index in [9.17, 15) is 5.11 Å². The standard InChI is InChI=1S/C13H19NO2/c1-2-16-12-9-10(3-4-11(12)15)13(5-6-13)7-8-14/h3-4,9,15H,2,5-8,14H2,1H3. The first-order valence-corrected chi connectivity index (χ1v) is 5.88. The number of benzene rings is 1. The molecule has 1 aromatic rings. The molecule has 3 nitrogen and oxygen atoms in total. The molecule has 0 atom stereocenters. The van der Waals surface area contributed by atoms with E-state index in [1.54, 1.807) is 6.07 Å². The van der Waals surface area contributed by atoms with Crippen LogP contribution in [0.15, 0.2) is 18.2 Å². The fraction of sp³-hybridized carbons (Fsp3) is 0.538. The molecule has 88 valence electrons. The zero-order valence-corrected chi connectivity index (χ0v) is 9.70. The van der Waals surface area contributed by atoms with Gasteiger partial charge in [0.05, 0.1) is 6.61 Å². The van der Waals surface area contributed by atoms with Gasteiger partial charge in [-0.15, -0.1) is 0 Å². The Labute approximate surface area is 96.2 Å². The first kappa shape index (κ1) is 11.3. The quantitative estimate of drug-likeness (QED) is 0.801. The van der Waals surface area contributed by atoms with E-state index < -0.39 is 0 Å². The van der Waals surface area contributed by atoms with E-state index in [-0.39, 0.29) is 11.2 Å². The second-order valence-corrected chi connectivity index (χ2v) is 4.43. The van der Waals surface area contributed by atoms with Crippen LogP contribution in [0.2, 0.25) is 0 Å². The van der Waals surface area contributed by atoms with Gasteiger partial charge in [-0.05, 0) is 55.8 Å². The van der Waals surface area contributed by atoms with Gasteiger partial charge in [-0.25, -0.2) is 0 Å². The zero-order valence-electron chi connectivity index (χ0n) is 9.70. The maximum atomic E-state index is 9.63. The number of nitrogens with two attached hydrogens (primary N) is 1. The summed E-state index contributed by atoms with van der Waals surface area (Å²) in [6, 6.07) is 5.67. The number of phenolic OH excluding ortho intramolecular Hbond substituents is 1. The summed E-state index contributed by atoms with van der Waals surface area (Å²) >= 11 is 0. The largest absolute Gasteiger partial charge is 0.504 e. The van der Waals surface area contributed by atoms with E-state index in [1.165, 1.54) is 18.4 Å². The van der Waals surface area contributed by atoms with Crippen molar-refractivity contribution in [2.24, 2.45) is 5.73 Å². The molecule has 0 amide bonds. The summed E-state index contributed by atoms with van der Waals surface area (Å²) in [6.07, 6.45) is 3.41. The third-order valence-electron chi connectivity index (χ3n) is 3.35. The molecular formula is C13H19NO2. The van der Waals surface area contributed by atoms with E-state index in [2.05, 4.69) is 0 Å². The summed E-state index contributed by atoms with van der Waals surface area (Å²) in [5, 5.41) is 9.63. The minimum Gasteiger partial charge on any atom is -0.504 e. The van der Waals surface area contributed by atoms with Crippen molar-refractivity contribution in [3.05, 3.63) is 23.8 Å². The minimum atomic E-state index is 0.217. The van der Waals surface area contributed by atoms with Gasteiger partial charge in [-0.2, -0.15) is 0 Å². The molecule has 3 N–H and O–H groups in total. The topological polar surface area (TPSA) is 55.5 Å². The minimum absolute atomic E-state index is 0.217. The third kappa shape index (κ3) is 2.00. The molecule has 1 aliphatic rings. The molecule has 0 aromatic heterocycles. The average molecular weight is 221 g/mol. The Hall–Kier alpha value is -1.22. The van der Waals surface area contributed by atoms with Gasteiger partial charge >= 0.3 is 0 Å². The molecule has 0 unspecified atom stereocenters. The Bertz CT molecular complexity index is 372. The van der Waals surface area contributed by atoms with Crippen LogP contribution < -0.4 is 10.5 Å². The summed E-state index contributed by atoms with van der Waals surface area (Å²) in [5.41, 5.74) is 7.15. The molecule has 16 heavy (non-hydrogen) atoms. The highest BCUT2D eigenvalue weighted by Crippen LogP contribution is 2.51. The fourth-order valence-corrected chi connectivity index (χ4v) is 2.23. The SMILES string of the molecule is CCOc1cc(C2(CCN)CC2)ccc1O. The maximum absolute atomic E-state index is 9.63. The summed E-state index contributed by atoms with van der Waals surface area (Å²) in [4.78, 5) is 0. The predicted octanol–water partition coefficient (Wildman–Crippen LogP) is 2.17. The first-order valence-electron chi connectivity index (χ1n) is 5.88. The second-order valence-electron chi connectivity index (χ2n) is 4.43. The van der Waals surface area contributed by atoms with Crippen LogP contribution in [0.25, 0.3) is 0 Å². The second kappa shape index (κ2) is 4.34. The summed E-state index contributed by atoms with van der Waals surface area (Å²) in [6.45, 7) is 3.20. The Morgan fingerprint density at radius 3 is 2.75 bits per heavy atom. The van der Waals surface area contributed by atoms with Crippen LogP contribution in [0.5, 0.6) is 11.5 Å². The van der Waals surface area contributed by atoms with Gasteiger partial charge in [-0.1, -0.05) is 6.07 Å². The van der Waals surface area contributed by atoms with E-state index >= 15 is 0 Å². The van der Waals surface area contributed by atoms with Crippen LogP contribution in [-0.4, -0.2) is 18.3 Å². The fourth-order valence-electron chi connectivity index (χ4n) is 2.23. The molecule has 1 aliphatic carbocycles. The molecule has 0 radical (unpaired) electrons. The van der Waals surface area contributed by atoms with Gasteiger partial charge in [0.2, 0.25) is 0 Å². The highest BCUT2D eigenvalue weighted by atomic mass is 16.5. The van der Waals surface area contributed by atoms with Crippen molar-refractivity contribution in [3.8, 4) is 11.5 Å². The van der Waals surface area contributed by atoms with Crippen molar-refractivity contribution in [2.75, 3.05) is 13.2 Å². The van der Waals surface area contributed by atoms with Crippen LogP contribution in [0.1, 0.15) is 31.7 Å². The van der Waals surface area contributed by atoms with Gasteiger partial charge in [0.1, 0.15) is 0 Å². The van der Waals surface area contributed by atoms with E-state index in [0.717, 1.165) is 6.42 Å². The maximum Gasteiger partial charge on any atom is 0.161 e. The first-order chi connectivity index (χ1) is 7.72. The molecule has 0 heterocycles. The van der Waals surface area contributed by atoms with Crippen LogP contribution in [-0.2, 0) is 5.41 Å². The van der Waals surface area contributed by atoms with Gasteiger partial charge in [-0.3, -0.25) is 0 Å². The lowest BCUT2D eigenvalue weighted by molar-refractivity contribution is 0.317. The van der Waals surface area contributed by atoms with Crippen LogP contribution in [0.3, 0.4) is 0 Å². The Morgan fingerprint density at radius 1 is 1.44 bits per heavy atom. The number of phenols is 1. The number of aromatic hydroxyl groups is 1. The van der Waals surface area contributed by atoms with Crippen molar-refractivity contribution in [2.45, 2.75) is 31.6 Å². The summed E-state index contributed by atoms with van der Waals surface area (Å²) in [5.74, 6) is 0.803. The molecule has 1 saturated carbocycles. The molecule has 3 heteroatoms. The van der Waals surface area contributed by atoms with Crippen molar-refractivity contribution in [1.29, 1.82) is 0 Å². The number of ether oxygens (including phenoxy) is 1. The zero-order chi connectivity index (χ0) is 11.6. The Morgan fingerprint density at radius 2 is 2.19 bits per heavy atom. The average Bonchev–Trinajstić information content (AvgIpc) is 3.03. The lowest BCUT2D eigenvalue weighted by Crippen LogP contribution is -2.13. The van der Waals surface area contributed by atoms with Gasteiger partial charge in [0.25, 0.3) is 0 Å². The van der Waals surface area contributed by atoms with Crippen LogP contribution >= 0.6 is 0 Å². The molecule has 0 saturated heterocycles. The summed E-state index contributed by atoms with van der Waals surface area (Å²) in [7, 11) is 0. The van der Waals surface area contributed by atoms with E-state index in [1.807, 2.05) is 19.1 Å². The molecular weight excluding hydrogens is 202 g/mol. The smallest absolute Gasteiger partial charge is 0.161 e. The highest BCUT2D eigenvalue weighted by molar-refractivity contribution is 5.46. The Kier molecular flexibility index (Phi) is 3.06. The molecule has 0 spiro atoms. The number of hydrogen-bond acceptors (Lipinski definition) is 3. The third-order valence-corrected chi connectivity index (χ3v) is 3.35. The van der Waals surface area contributed by atoms with E-state index in [4.69, 9.17) is 10.5 Å². The van der Waals surface area contributed by atoms with Gasteiger partial charge < -0.3 is 15.6 Å². The van der Waals surface area contributed by atoms with Crippen LogP contribution in [0, 0.1) is 0 Å². The molecule has 2 rings (SSSR count). The van der Waals surface area contributed by atoms with Crippen molar-refractivity contribution in [1.82, 2.24) is 0 Å². The molecule has 0 aliphatic heterocycles. The van der Waals surface area contributed by atoms with Crippen LogP contribution in [0.4, 0.5) is 0 Å². The van der Waals surface area contributed by atoms with Crippen molar-refractivity contribution < 1.29 is 9.84 Å². The van der Waals surface area contributed by atoms with Gasteiger partial charge in [0, 0.05) is 0 Å². The Balaban J connectivity index is 2.25. The van der Waals surface area contributed by atoms with Gasteiger partial charge in [0.15, 0.2) is 11.5 Å². The van der Waals surface area contributed by atoms with E-state index in [0.29, 0.717) is 18.9 Å². The monoisotopic (exact) mass is 221 g/mol. The normalized spacial score (nSPS) is 17.1. The lowest BCUT2D eigenvalue weighted by atomic mass is 9.92. The lowest BCUT2D eigenvalue weighted by Gasteiger charge is -2.16.